The highest BCUT2D eigenvalue weighted by Crippen LogP contribution is 2.30. The van der Waals surface area contributed by atoms with Crippen molar-refractivity contribution in [1.82, 2.24) is 14.0 Å². The number of imidazole rings is 1. The lowest BCUT2D eigenvalue weighted by Crippen LogP contribution is -2.41. The average molecular weight is 534 g/mol. The number of nitrogen functional groups attached to an aromatic ring is 1. The molecule has 0 bridgehead atoms. The highest BCUT2D eigenvalue weighted by molar-refractivity contribution is 6.30. The van der Waals surface area contributed by atoms with Gasteiger partial charge in [-0.25, -0.2) is 9.78 Å². The molecule has 0 saturated carbocycles. The number of ether oxygens (including phenoxy) is 1. The molecule has 5 rings (SSSR count). The van der Waals surface area contributed by atoms with Gasteiger partial charge in [0.25, 0.3) is 5.56 Å². The summed E-state index contributed by atoms with van der Waals surface area (Å²) in [6.07, 6.45) is 6.25. The fraction of sp³-hybridized carbons (Fsp3) is 0.345. The first kappa shape index (κ1) is 25.9. The number of carbonyl (C=O) groups excluding carboxylic acids is 1. The lowest BCUT2D eigenvalue weighted by Gasteiger charge is -2.28. The Bertz CT molecular complexity index is 1530. The van der Waals surface area contributed by atoms with Crippen LogP contribution in [0.5, 0.6) is 5.75 Å². The number of benzene rings is 2. The summed E-state index contributed by atoms with van der Waals surface area (Å²) in [6, 6.07) is 13.8. The minimum Gasteiger partial charge on any atom is -0.425 e. The quantitative estimate of drug-likeness (QED) is 0.140. The smallest absolute Gasteiger partial charge is 0.334 e. The molecule has 1 fully saturated rings. The number of rotatable bonds is 8. The van der Waals surface area contributed by atoms with E-state index in [-0.39, 0.29) is 11.5 Å². The summed E-state index contributed by atoms with van der Waals surface area (Å²) in [4.78, 5) is 33.6. The van der Waals surface area contributed by atoms with Gasteiger partial charge in [0.15, 0.2) is 0 Å². The van der Waals surface area contributed by atoms with Crippen molar-refractivity contribution in [3.05, 3.63) is 75.7 Å². The van der Waals surface area contributed by atoms with Crippen molar-refractivity contribution in [3.8, 4) is 17.0 Å². The Morgan fingerprint density at radius 3 is 2.71 bits per heavy atom. The van der Waals surface area contributed by atoms with E-state index in [1.807, 2.05) is 42.2 Å². The van der Waals surface area contributed by atoms with Crippen LogP contribution in [0.15, 0.2) is 59.5 Å². The maximum atomic E-state index is 13.4. The summed E-state index contributed by atoms with van der Waals surface area (Å²) in [7, 11) is 0. The molecule has 1 atom stereocenters. The van der Waals surface area contributed by atoms with E-state index >= 15 is 0 Å². The topological polar surface area (TPSA) is 94.9 Å². The van der Waals surface area contributed by atoms with Crippen LogP contribution in [0.25, 0.3) is 17.0 Å². The summed E-state index contributed by atoms with van der Waals surface area (Å²) >= 11 is 6.07. The number of hydrogen-bond acceptors (Lipinski definition) is 6. The van der Waals surface area contributed by atoms with Crippen LogP contribution in [0.2, 0.25) is 5.02 Å². The van der Waals surface area contributed by atoms with Crippen molar-refractivity contribution in [1.29, 1.82) is 0 Å². The maximum Gasteiger partial charge on any atom is 0.334 e. The highest BCUT2D eigenvalue weighted by Gasteiger charge is 2.35. The van der Waals surface area contributed by atoms with E-state index < -0.39 is 6.04 Å². The van der Waals surface area contributed by atoms with Crippen LogP contribution in [0.1, 0.15) is 44.6 Å². The van der Waals surface area contributed by atoms with E-state index in [2.05, 4.69) is 11.5 Å². The fourth-order valence-electron chi connectivity index (χ4n) is 5.00. The van der Waals surface area contributed by atoms with Gasteiger partial charge in [-0.15, -0.1) is 0 Å². The molecule has 38 heavy (non-hydrogen) atoms. The number of carbonyl (C=O) groups is 1. The predicted molar refractivity (Wildman–Crippen MR) is 151 cm³/mol. The van der Waals surface area contributed by atoms with E-state index in [1.54, 1.807) is 28.8 Å². The van der Waals surface area contributed by atoms with Crippen molar-refractivity contribution >= 4 is 34.9 Å². The van der Waals surface area contributed by atoms with Crippen LogP contribution >= 0.6 is 11.6 Å². The molecule has 0 aliphatic carbocycles. The number of nitrogens with zero attached hydrogens (tertiary/aromatic N) is 4. The Labute approximate surface area is 226 Å². The molecule has 2 aromatic heterocycles. The normalized spacial score (nSPS) is 15.3. The minimum absolute atomic E-state index is 0.194. The lowest BCUT2D eigenvalue weighted by atomic mass is 10.2. The summed E-state index contributed by atoms with van der Waals surface area (Å²) in [5, 5.41) is 0.638. The number of halogens is 1. The van der Waals surface area contributed by atoms with Gasteiger partial charge in [-0.3, -0.25) is 13.8 Å². The molecule has 1 saturated heterocycles. The number of esters is 1. The number of nitrogens with two attached hydrogens (primary N) is 1. The van der Waals surface area contributed by atoms with Crippen molar-refractivity contribution < 1.29 is 9.53 Å². The molecule has 2 N–H and O–H groups in total. The van der Waals surface area contributed by atoms with E-state index in [1.165, 1.54) is 0 Å². The molecule has 1 aliphatic rings. The van der Waals surface area contributed by atoms with E-state index in [0.29, 0.717) is 53.3 Å². The van der Waals surface area contributed by atoms with Crippen molar-refractivity contribution in [2.24, 2.45) is 0 Å². The minimum atomic E-state index is -0.513. The predicted octanol–water partition coefficient (Wildman–Crippen LogP) is 5.47. The van der Waals surface area contributed by atoms with Crippen molar-refractivity contribution in [2.75, 3.05) is 17.2 Å². The van der Waals surface area contributed by atoms with Crippen LogP contribution < -0.4 is 20.9 Å². The third kappa shape index (κ3) is 5.13. The fourth-order valence-corrected chi connectivity index (χ4v) is 5.13. The maximum absolute atomic E-state index is 13.4. The third-order valence-corrected chi connectivity index (χ3v) is 7.31. The molecular formula is C29H32ClN5O3. The SMILES string of the molecule is CCCCCn1c(N2CCC[C@H]2C(=O)Oc2cc(N)ccc2C)cc(=O)n2cc(-c3ccc(Cl)cc3)nc12. The molecule has 0 amide bonds. The average Bonchev–Trinajstić information content (AvgIpc) is 3.56. The zero-order valence-corrected chi connectivity index (χ0v) is 22.4. The van der Waals surface area contributed by atoms with E-state index in [9.17, 15) is 9.59 Å². The van der Waals surface area contributed by atoms with Crippen LogP contribution in [-0.2, 0) is 11.3 Å². The second kappa shape index (κ2) is 10.9. The van der Waals surface area contributed by atoms with Crippen LogP contribution in [0.3, 0.4) is 0 Å². The van der Waals surface area contributed by atoms with Gasteiger partial charge in [0.1, 0.15) is 17.6 Å². The summed E-state index contributed by atoms with van der Waals surface area (Å²) in [6.45, 7) is 5.35. The standard InChI is InChI=1S/C29H32ClN5O3/c1-3-4-5-14-34-26(17-27(36)35-18-23(32-29(34)35)20-9-11-21(30)12-10-20)33-15-6-7-24(33)28(37)38-25-16-22(31)13-8-19(25)2/h8-13,16-18,24H,3-7,14-15,31H2,1-2H3/t24-/m0/s1. The van der Waals surface area contributed by atoms with Gasteiger partial charge in [0, 0.05) is 47.7 Å². The first-order valence-electron chi connectivity index (χ1n) is 13.1. The molecule has 8 nitrogen and oxygen atoms in total. The number of unbranched alkanes of at least 4 members (excludes halogenated alkanes) is 2. The third-order valence-electron chi connectivity index (χ3n) is 7.06. The number of aryl methyl sites for hydroxylation is 2. The first-order chi connectivity index (χ1) is 18.4. The summed E-state index contributed by atoms with van der Waals surface area (Å²) in [5.41, 5.74) is 8.66. The Kier molecular flexibility index (Phi) is 7.42. The molecular weight excluding hydrogens is 502 g/mol. The molecule has 2 aromatic carbocycles. The van der Waals surface area contributed by atoms with Gasteiger partial charge < -0.3 is 15.4 Å². The molecule has 0 unspecified atom stereocenters. The van der Waals surface area contributed by atoms with Crippen LogP contribution in [0, 0.1) is 6.92 Å². The van der Waals surface area contributed by atoms with Gasteiger partial charge >= 0.3 is 5.97 Å². The Morgan fingerprint density at radius 1 is 1.16 bits per heavy atom. The van der Waals surface area contributed by atoms with E-state index in [0.717, 1.165) is 36.8 Å². The van der Waals surface area contributed by atoms with Gasteiger partial charge in [0.05, 0.1) is 5.69 Å². The number of aromatic nitrogens is 3. The molecule has 4 aromatic rings. The second-order valence-electron chi connectivity index (χ2n) is 9.80. The zero-order chi connectivity index (χ0) is 26.8. The number of fused-ring (bicyclic) bond motifs is 1. The van der Waals surface area contributed by atoms with Crippen molar-refractivity contribution in [2.45, 2.75) is 58.5 Å². The van der Waals surface area contributed by atoms with E-state index in [4.69, 9.17) is 27.1 Å². The lowest BCUT2D eigenvalue weighted by molar-refractivity contribution is -0.135. The largest absolute Gasteiger partial charge is 0.425 e. The molecule has 0 spiro atoms. The Balaban J connectivity index is 1.55. The van der Waals surface area contributed by atoms with Gasteiger partial charge in [0.2, 0.25) is 5.78 Å². The molecule has 3 heterocycles. The van der Waals surface area contributed by atoms with Gasteiger partial charge in [-0.2, -0.15) is 0 Å². The van der Waals surface area contributed by atoms with Crippen LogP contribution in [-0.4, -0.2) is 32.5 Å². The van der Waals surface area contributed by atoms with Gasteiger partial charge in [-0.05, 0) is 49.9 Å². The molecule has 0 radical (unpaired) electrons. The van der Waals surface area contributed by atoms with Crippen molar-refractivity contribution in [3.63, 3.8) is 0 Å². The summed E-state index contributed by atoms with van der Waals surface area (Å²) in [5.74, 6) is 1.35. The Hall–Kier alpha value is -3.78. The first-order valence-corrected chi connectivity index (χ1v) is 13.5. The molecule has 198 valence electrons. The van der Waals surface area contributed by atoms with Crippen LogP contribution in [0.4, 0.5) is 11.5 Å². The summed E-state index contributed by atoms with van der Waals surface area (Å²) < 4.78 is 9.46. The highest BCUT2D eigenvalue weighted by atomic mass is 35.5. The second-order valence-corrected chi connectivity index (χ2v) is 10.2. The Morgan fingerprint density at radius 2 is 1.95 bits per heavy atom. The number of anilines is 2. The number of hydrogen-bond donors (Lipinski definition) is 1. The molecule has 9 heteroatoms. The van der Waals surface area contributed by atoms with Gasteiger partial charge in [-0.1, -0.05) is 49.6 Å². The zero-order valence-electron chi connectivity index (χ0n) is 21.7. The molecule has 1 aliphatic heterocycles. The monoisotopic (exact) mass is 533 g/mol.